The summed E-state index contributed by atoms with van der Waals surface area (Å²) in [6.07, 6.45) is 0.211. The van der Waals surface area contributed by atoms with E-state index in [9.17, 15) is 4.79 Å². The van der Waals surface area contributed by atoms with Crippen LogP contribution in [0.2, 0.25) is 0 Å². The predicted molar refractivity (Wildman–Crippen MR) is 71.8 cm³/mol. The van der Waals surface area contributed by atoms with Gasteiger partial charge >= 0.3 is 0 Å². The van der Waals surface area contributed by atoms with E-state index in [1.54, 1.807) is 6.92 Å². The van der Waals surface area contributed by atoms with Gasteiger partial charge in [0, 0.05) is 28.8 Å². The fourth-order valence-electron chi connectivity index (χ4n) is 2.10. The molecule has 0 N–H and O–H groups in total. The fourth-order valence-corrected chi connectivity index (χ4v) is 2.45. The van der Waals surface area contributed by atoms with Crippen molar-refractivity contribution in [2.45, 2.75) is 20.0 Å². The number of hydrogen-bond donors (Lipinski definition) is 0. The van der Waals surface area contributed by atoms with Crippen LogP contribution in [0.25, 0.3) is 0 Å². The molecule has 0 bridgehead atoms. The summed E-state index contributed by atoms with van der Waals surface area (Å²) in [6.45, 7) is 6.04. The average molecular weight is 298 g/mol. The Kier molecular flexibility index (Phi) is 3.84. The maximum atomic E-state index is 11.6. The van der Waals surface area contributed by atoms with Gasteiger partial charge in [0.2, 0.25) is 0 Å². The lowest BCUT2D eigenvalue weighted by molar-refractivity contribution is 0.0531. The molecular weight excluding hydrogens is 282 g/mol. The van der Waals surface area contributed by atoms with Crippen molar-refractivity contribution in [3.63, 3.8) is 0 Å². The number of benzene rings is 1. The molecule has 0 spiro atoms. The summed E-state index contributed by atoms with van der Waals surface area (Å²) in [5.74, 6) is 0.103. The molecule has 1 saturated heterocycles. The summed E-state index contributed by atoms with van der Waals surface area (Å²) < 4.78 is 6.52. The number of nitrogens with zero attached hydrogens (tertiary/aromatic N) is 1. The lowest BCUT2D eigenvalue weighted by atomic mass is 10.1. The highest BCUT2D eigenvalue weighted by molar-refractivity contribution is 9.10. The van der Waals surface area contributed by atoms with Gasteiger partial charge in [-0.3, -0.25) is 4.79 Å². The average Bonchev–Trinajstić information content (AvgIpc) is 2.28. The molecule has 2 rings (SSSR count). The Morgan fingerprint density at radius 2 is 2.29 bits per heavy atom. The normalized spacial score (nSPS) is 20.4. The second-order valence-corrected chi connectivity index (χ2v) is 5.26. The molecule has 1 atom stereocenters. The van der Waals surface area contributed by atoms with Gasteiger partial charge in [-0.1, -0.05) is 15.9 Å². The number of ether oxygens (including phenoxy) is 1. The van der Waals surface area contributed by atoms with Crippen molar-refractivity contribution in [1.82, 2.24) is 0 Å². The van der Waals surface area contributed by atoms with Crippen LogP contribution in [0.5, 0.6) is 0 Å². The fraction of sp³-hybridized carbons (Fsp3) is 0.462. The van der Waals surface area contributed by atoms with Crippen molar-refractivity contribution in [2.75, 3.05) is 24.6 Å². The standard InChI is InChI=1S/C13H16BrNO2/c1-9-8-15(5-6-17-9)13-7-11(14)3-4-12(13)10(2)16/h3-4,7,9H,5-6,8H2,1-2H3. The quantitative estimate of drug-likeness (QED) is 0.786. The maximum absolute atomic E-state index is 11.6. The van der Waals surface area contributed by atoms with Crippen molar-refractivity contribution in [2.24, 2.45) is 0 Å². The first-order valence-corrected chi connectivity index (χ1v) is 6.54. The van der Waals surface area contributed by atoms with Gasteiger partial charge < -0.3 is 9.64 Å². The molecule has 1 aromatic carbocycles. The number of morpholine rings is 1. The van der Waals surface area contributed by atoms with Gasteiger partial charge in [0.15, 0.2) is 5.78 Å². The molecule has 0 aliphatic carbocycles. The molecule has 0 radical (unpaired) electrons. The highest BCUT2D eigenvalue weighted by Gasteiger charge is 2.20. The first-order chi connectivity index (χ1) is 8.08. The number of ketones is 1. The molecule has 1 aromatic rings. The number of halogens is 1. The second kappa shape index (κ2) is 5.19. The Morgan fingerprint density at radius 3 is 2.94 bits per heavy atom. The lowest BCUT2D eigenvalue weighted by Crippen LogP contribution is -2.41. The third kappa shape index (κ3) is 2.87. The maximum Gasteiger partial charge on any atom is 0.161 e. The van der Waals surface area contributed by atoms with E-state index >= 15 is 0 Å². The smallest absolute Gasteiger partial charge is 0.161 e. The summed E-state index contributed by atoms with van der Waals surface area (Å²) >= 11 is 3.46. The summed E-state index contributed by atoms with van der Waals surface area (Å²) in [5.41, 5.74) is 1.78. The van der Waals surface area contributed by atoms with E-state index in [1.165, 1.54) is 0 Å². The number of Topliss-reactive ketones (excluding diaryl/α,β-unsaturated/α-hetero) is 1. The summed E-state index contributed by atoms with van der Waals surface area (Å²) in [6, 6.07) is 5.79. The van der Waals surface area contributed by atoms with Crippen LogP contribution in [-0.4, -0.2) is 31.6 Å². The predicted octanol–water partition coefficient (Wildman–Crippen LogP) is 2.88. The summed E-state index contributed by atoms with van der Waals surface area (Å²) in [4.78, 5) is 13.8. The number of hydrogen-bond acceptors (Lipinski definition) is 3. The third-order valence-electron chi connectivity index (χ3n) is 2.92. The van der Waals surface area contributed by atoms with E-state index in [2.05, 4.69) is 27.8 Å². The second-order valence-electron chi connectivity index (χ2n) is 4.35. The number of carbonyl (C=O) groups excluding carboxylic acids is 1. The van der Waals surface area contributed by atoms with Gasteiger partial charge in [0.25, 0.3) is 0 Å². The molecule has 1 aliphatic rings. The zero-order chi connectivity index (χ0) is 12.4. The Balaban J connectivity index is 2.35. The minimum Gasteiger partial charge on any atom is -0.375 e. The Bertz CT molecular complexity index is 433. The van der Waals surface area contributed by atoms with Gasteiger partial charge in [0.05, 0.1) is 12.7 Å². The Morgan fingerprint density at radius 1 is 1.53 bits per heavy atom. The van der Waals surface area contributed by atoms with Crippen LogP contribution in [0, 0.1) is 0 Å². The third-order valence-corrected chi connectivity index (χ3v) is 3.41. The highest BCUT2D eigenvalue weighted by atomic mass is 79.9. The van der Waals surface area contributed by atoms with Crippen LogP contribution in [0.3, 0.4) is 0 Å². The Hall–Kier alpha value is -0.870. The first-order valence-electron chi connectivity index (χ1n) is 5.75. The minimum absolute atomic E-state index is 0.103. The highest BCUT2D eigenvalue weighted by Crippen LogP contribution is 2.27. The number of carbonyl (C=O) groups is 1. The molecule has 1 heterocycles. The van der Waals surface area contributed by atoms with Crippen molar-refractivity contribution in [3.05, 3.63) is 28.2 Å². The first kappa shape index (κ1) is 12.6. The largest absolute Gasteiger partial charge is 0.375 e. The van der Waals surface area contributed by atoms with E-state index in [0.29, 0.717) is 6.61 Å². The van der Waals surface area contributed by atoms with E-state index in [-0.39, 0.29) is 11.9 Å². The molecule has 4 heteroatoms. The van der Waals surface area contributed by atoms with Gasteiger partial charge in [-0.15, -0.1) is 0 Å². The summed E-state index contributed by atoms with van der Waals surface area (Å²) in [7, 11) is 0. The van der Waals surface area contributed by atoms with Crippen molar-refractivity contribution < 1.29 is 9.53 Å². The monoisotopic (exact) mass is 297 g/mol. The minimum atomic E-state index is 0.103. The molecule has 1 aliphatic heterocycles. The zero-order valence-electron chi connectivity index (χ0n) is 10.1. The molecule has 0 aromatic heterocycles. The molecule has 3 nitrogen and oxygen atoms in total. The van der Waals surface area contributed by atoms with Gasteiger partial charge in [0.1, 0.15) is 0 Å². The summed E-state index contributed by atoms with van der Waals surface area (Å²) in [5, 5.41) is 0. The van der Waals surface area contributed by atoms with E-state index in [1.807, 2.05) is 18.2 Å². The molecule has 0 amide bonds. The van der Waals surface area contributed by atoms with Crippen LogP contribution in [-0.2, 0) is 4.74 Å². The number of rotatable bonds is 2. The van der Waals surface area contributed by atoms with Crippen LogP contribution in [0.4, 0.5) is 5.69 Å². The van der Waals surface area contributed by atoms with E-state index in [0.717, 1.165) is 28.8 Å². The topological polar surface area (TPSA) is 29.5 Å². The molecule has 17 heavy (non-hydrogen) atoms. The van der Waals surface area contributed by atoms with E-state index in [4.69, 9.17) is 4.74 Å². The molecule has 1 fully saturated rings. The van der Waals surface area contributed by atoms with Crippen molar-refractivity contribution in [1.29, 1.82) is 0 Å². The van der Waals surface area contributed by atoms with Crippen molar-refractivity contribution >= 4 is 27.4 Å². The number of anilines is 1. The molecule has 1 unspecified atom stereocenters. The van der Waals surface area contributed by atoms with Gasteiger partial charge in [-0.05, 0) is 32.0 Å². The van der Waals surface area contributed by atoms with Crippen LogP contribution in [0.1, 0.15) is 24.2 Å². The molecular formula is C13H16BrNO2. The lowest BCUT2D eigenvalue weighted by Gasteiger charge is -2.34. The van der Waals surface area contributed by atoms with Crippen LogP contribution < -0.4 is 4.90 Å². The SMILES string of the molecule is CC(=O)c1ccc(Br)cc1N1CCOC(C)C1. The Labute approximate surface area is 110 Å². The van der Waals surface area contributed by atoms with Gasteiger partial charge in [-0.25, -0.2) is 0 Å². The van der Waals surface area contributed by atoms with E-state index < -0.39 is 0 Å². The van der Waals surface area contributed by atoms with Crippen LogP contribution in [0.15, 0.2) is 22.7 Å². The zero-order valence-corrected chi connectivity index (χ0v) is 11.7. The molecule has 92 valence electrons. The van der Waals surface area contributed by atoms with Crippen molar-refractivity contribution in [3.8, 4) is 0 Å². The van der Waals surface area contributed by atoms with Crippen LogP contribution >= 0.6 is 15.9 Å². The molecule has 0 saturated carbocycles. The van der Waals surface area contributed by atoms with Gasteiger partial charge in [-0.2, -0.15) is 0 Å².